The van der Waals surface area contributed by atoms with Crippen LogP contribution in [0.2, 0.25) is 0 Å². The summed E-state index contributed by atoms with van der Waals surface area (Å²) in [6.07, 6.45) is 1.53. The molecule has 0 aliphatic heterocycles. The minimum Gasteiger partial charge on any atom is -0.477 e. The summed E-state index contributed by atoms with van der Waals surface area (Å²) in [6.45, 7) is 2.44. The molecular formula is C23H21N3O2S. The SMILES string of the molecule is Cc1c(C(=O)O)sc2nc(CCc3ccccc3)nc(NCc3ccccc3)c12. The van der Waals surface area contributed by atoms with Crippen LogP contribution in [-0.2, 0) is 19.4 Å². The fraction of sp³-hybridized carbons (Fsp3) is 0.174. The van der Waals surface area contributed by atoms with E-state index in [-0.39, 0.29) is 0 Å². The molecule has 5 nitrogen and oxygen atoms in total. The highest BCUT2D eigenvalue weighted by Crippen LogP contribution is 2.34. The minimum atomic E-state index is -0.926. The molecule has 2 N–H and O–H groups in total. The molecule has 0 saturated carbocycles. The molecule has 0 aliphatic rings. The lowest BCUT2D eigenvalue weighted by atomic mass is 10.1. The Morgan fingerprint density at radius 1 is 0.966 bits per heavy atom. The van der Waals surface area contributed by atoms with Gasteiger partial charge in [0.05, 0.1) is 5.39 Å². The Morgan fingerprint density at radius 3 is 2.28 bits per heavy atom. The zero-order chi connectivity index (χ0) is 20.2. The Bertz CT molecular complexity index is 1140. The predicted octanol–water partition coefficient (Wildman–Crippen LogP) is 5.10. The van der Waals surface area contributed by atoms with Crippen molar-refractivity contribution in [1.82, 2.24) is 9.97 Å². The number of carboxylic acid groups (broad SMARTS) is 1. The zero-order valence-electron chi connectivity index (χ0n) is 16.1. The van der Waals surface area contributed by atoms with Gasteiger partial charge >= 0.3 is 5.97 Å². The number of rotatable bonds is 7. The third kappa shape index (κ3) is 4.27. The molecule has 29 heavy (non-hydrogen) atoms. The van der Waals surface area contributed by atoms with Gasteiger partial charge in [0.2, 0.25) is 0 Å². The van der Waals surface area contributed by atoms with Gasteiger partial charge in [0.15, 0.2) is 0 Å². The number of aromatic carboxylic acids is 1. The fourth-order valence-electron chi connectivity index (χ4n) is 3.31. The lowest BCUT2D eigenvalue weighted by Crippen LogP contribution is -2.06. The van der Waals surface area contributed by atoms with Crippen molar-refractivity contribution in [2.45, 2.75) is 26.3 Å². The van der Waals surface area contributed by atoms with Gasteiger partial charge in [-0.15, -0.1) is 11.3 Å². The van der Waals surface area contributed by atoms with E-state index >= 15 is 0 Å². The average Bonchev–Trinajstić information content (AvgIpc) is 3.09. The van der Waals surface area contributed by atoms with Crippen LogP contribution in [0, 0.1) is 6.92 Å². The number of aryl methyl sites for hydroxylation is 3. The minimum absolute atomic E-state index is 0.317. The lowest BCUT2D eigenvalue weighted by molar-refractivity contribution is 0.0701. The Morgan fingerprint density at radius 2 is 1.62 bits per heavy atom. The van der Waals surface area contributed by atoms with Crippen LogP contribution in [0.25, 0.3) is 10.2 Å². The van der Waals surface area contributed by atoms with Gasteiger partial charge in [-0.2, -0.15) is 0 Å². The maximum atomic E-state index is 11.6. The molecule has 0 atom stereocenters. The molecule has 4 rings (SSSR count). The van der Waals surface area contributed by atoms with Gasteiger partial charge in [-0.3, -0.25) is 0 Å². The van der Waals surface area contributed by atoms with E-state index in [1.54, 1.807) is 0 Å². The van der Waals surface area contributed by atoms with Crippen LogP contribution >= 0.6 is 11.3 Å². The van der Waals surface area contributed by atoms with Crippen molar-refractivity contribution >= 4 is 33.3 Å². The van der Waals surface area contributed by atoms with Crippen molar-refractivity contribution in [2.24, 2.45) is 0 Å². The Kier molecular flexibility index (Phi) is 5.53. The first-order valence-corrected chi connectivity index (χ1v) is 10.3. The van der Waals surface area contributed by atoms with E-state index in [0.717, 1.165) is 23.2 Å². The van der Waals surface area contributed by atoms with Crippen molar-refractivity contribution < 1.29 is 9.90 Å². The van der Waals surface area contributed by atoms with Crippen LogP contribution in [-0.4, -0.2) is 21.0 Å². The van der Waals surface area contributed by atoms with E-state index < -0.39 is 5.97 Å². The number of fused-ring (bicyclic) bond motifs is 1. The molecule has 4 aromatic rings. The molecule has 0 saturated heterocycles. The summed E-state index contributed by atoms with van der Waals surface area (Å²) in [5.74, 6) is 0.489. The summed E-state index contributed by atoms with van der Waals surface area (Å²) in [5.41, 5.74) is 3.07. The number of benzene rings is 2. The molecule has 6 heteroatoms. The number of nitrogens with one attached hydrogen (secondary N) is 1. The fourth-order valence-corrected chi connectivity index (χ4v) is 4.35. The van der Waals surface area contributed by atoms with E-state index in [0.29, 0.717) is 34.1 Å². The van der Waals surface area contributed by atoms with Crippen LogP contribution in [0.15, 0.2) is 60.7 Å². The van der Waals surface area contributed by atoms with Crippen molar-refractivity contribution in [3.05, 3.63) is 88.1 Å². The van der Waals surface area contributed by atoms with E-state index in [1.165, 1.54) is 16.9 Å². The number of hydrogen-bond acceptors (Lipinski definition) is 5. The highest BCUT2D eigenvalue weighted by atomic mass is 32.1. The molecular weight excluding hydrogens is 382 g/mol. The van der Waals surface area contributed by atoms with Gasteiger partial charge < -0.3 is 10.4 Å². The third-order valence-corrected chi connectivity index (χ3v) is 5.99. The summed E-state index contributed by atoms with van der Waals surface area (Å²) in [5, 5.41) is 13.7. The number of nitrogens with zero attached hydrogens (tertiary/aromatic N) is 2. The average molecular weight is 404 g/mol. The standard InChI is InChI=1S/C23H21N3O2S/c1-15-19-21(24-14-17-10-6-3-7-11-17)25-18(13-12-16-8-4-2-5-9-16)26-22(19)29-20(15)23(27)28/h2-11H,12-14H2,1H3,(H,27,28)(H,24,25,26). The normalized spacial score (nSPS) is 10.9. The van der Waals surface area contributed by atoms with E-state index in [4.69, 9.17) is 4.98 Å². The second-order valence-electron chi connectivity index (χ2n) is 6.85. The molecule has 146 valence electrons. The van der Waals surface area contributed by atoms with Gasteiger partial charge in [-0.25, -0.2) is 14.8 Å². The molecule has 0 fully saturated rings. The number of hydrogen-bond donors (Lipinski definition) is 2. The highest BCUT2D eigenvalue weighted by Gasteiger charge is 2.20. The number of aromatic nitrogens is 2. The van der Waals surface area contributed by atoms with Crippen LogP contribution in [0.4, 0.5) is 5.82 Å². The zero-order valence-corrected chi connectivity index (χ0v) is 16.9. The maximum absolute atomic E-state index is 11.6. The molecule has 0 aliphatic carbocycles. The smallest absolute Gasteiger partial charge is 0.346 e. The van der Waals surface area contributed by atoms with Gasteiger partial charge in [0, 0.05) is 13.0 Å². The summed E-state index contributed by atoms with van der Waals surface area (Å²) in [7, 11) is 0. The first-order valence-electron chi connectivity index (χ1n) is 9.47. The number of thiophene rings is 1. The van der Waals surface area contributed by atoms with Crippen LogP contribution < -0.4 is 5.32 Å². The first-order chi connectivity index (χ1) is 14.1. The van der Waals surface area contributed by atoms with Crippen LogP contribution in [0.3, 0.4) is 0 Å². The second kappa shape index (κ2) is 8.41. The van der Waals surface area contributed by atoms with Crippen molar-refractivity contribution in [3.8, 4) is 0 Å². The number of carboxylic acids is 1. The monoisotopic (exact) mass is 403 g/mol. The molecule has 0 unspecified atom stereocenters. The Balaban J connectivity index is 1.68. The number of carbonyl (C=O) groups is 1. The van der Waals surface area contributed by atoms with E-state index in [2.05, 4.69) is 22.4 Å². The summed E-state index contributed by atoms with van der Waals surface area (Å²) >= 11 is 1.21. The molecule has 2 aromatic heterocycles. The summed E-state index contributed by atoms with van der Waals surface area (Å²) in [6, 6.07) is 20.3. The molecule has 2 aromatic carbocycles. The van der Waals surface area contributed by atoms with Gasteiger partial charge in [-0.05, 0) is 30.0 Å². The Hall–Kier alpha value is -3.25. The van der Waals surface area contributed by atoms with Crippen molar-refractivity contribution in [3.63, 3.8) is 0 Å². The van der Waals surface area contributed by atoms with Crippen LogP contribution in [0.1, 0.15) is 32.2 Å². The highest BCUT2D eigenvalue weighted by molar-refractivity contribution is 7.20. The summed E-state index contributed by atoms with van der Waals surface area (Å²) in [4.78, 5) is 22.1. The Labute approximate surface area is 173 Å². The predicted molar refractivity (Wildman–Crippen MR) is 117 cm³/mol. The van der Waals surface area contributed by atoms with Gasteiger partial charge in [0.25, 0.3) is 0 Å². The van der Waals surface area contributed by atoms with Crippen LogP contribution in [0.5, 0.6) is 0 Å². The van der Waals surface area contributed by atoms with Gasteiger partial charge in [0.1, 0.15) is 21.3 Å². The molecule has 0 spiro atoms. The lowest BCUT2D eigenvalue weighted by Gasteiger charge is -2.10. The number of anilines is 1. The quantitative estimate of drug-likeness (QED) is 0.449. The largest absolute Gasteiger partial charge is 0.477 e. The van der Waals surface area contributed by atoms with Crippen molar-refractivity contribution in [2.75, 3.05) is 5.32 Å². The second-order valence-corrected chi connectivity index (χ2v) is 7.85. The maximum Gasteiger partial charge on any atom is 0.346 e. The van der Waals surface area contributed by atoms with Crippen molar-refractivity contribution in [1.29, 1.82) is 0 Å². The van der Waals surface area contributed by atoms with E-state index in [9.17, 15) is 9.90 Å². The molecule has 2 heterocycles. The molecule has 0 bridgehead atoms. The summed E-state index contributed by atoms with van der Waals surface area (Å²) < 4.78 is 0. The first kappa shape index (κ1) is 19.1. The molecule has 0 amide bonds. The topological polar surface area (TPSA) is 75.1 Å². The van der Waals surface area contributed by atoms with E-state index in [1.807, 2.05) is 55.5 Å². The third-order valence-electron chi connectivity index (χ3n) is 4.81. The molecule has 0 radical (unpaired) electrons. The van der Waals surface area contributed by atoms with Gasteiger partial charge in [-0.1, -0.05) is 60.7 Å².